The van der Waals surface area contributed by atoms with Gasteiger partial charge in [-0.25, -0.2) is 14.8 Å². The van der Waals surface area contributed by atoms with Crippen molar-refractivity contribution in [1.29, 1.82) is 0 Å². The molecule has 1 aromatic rings. The van der Waals surface area contributed by atoms with Crippen LogP contribution in [0.2, 0.25) is 0 Å². The third-order valence-electron chi connectivity index (χ3n) is 1.83. The third-order valence-corrected chi connectivity index (χ3v) is 1.83. The number of carbonyl (C=O) groups is 1. The van der Waals surface area contributed by atoms with Crippen molar-refractivity contribution >= 4 is 11.9 Å². The van der Waals surface area contributed by atoms with Crippen molar-refractivity contribution in [3.8, 4) is 0 Å². The quantitative estimate of drug-likeness (QED) is 0.565. The number of carbonyl (C=O) groups excluding carboxylic acids is 1. The molecule has 0 spiro atoms. The van der Waals surface area contributed by atoms with E-state index in [4.69, 9.17) is 5.73 Å². The second-order valence-electron chi connectivity index (χ2n) is 2.98. The van der Waals surface area contributed by atoms with Crippen LogP contribution in [-0.4, -0.2) is 38.9 Å². The molecule has 0 saturated carbocycles. The monoisotopic (exact) mass is 227 g/mol. The maximum absolute atomic E-state index is 11.1. The molecule has 4 N–H and O–H groups in total. The second kappa shape index (κ2) is 5.38. The van der Waals surface area contributed by atoms with E-state index in [2.05, 4.69) is 14.7 Å². The number of nitrogens with zero attached hydrogens (tertiary/aromatic N) is 2. The zero-order valence-corrected chi connectivity index (χ0v) is 8.70. The van der Waals surface area contributed by atoms with Crippen molar-refractivity contribution < 1.29 is 19.7 Å². The lowest BCUT2D eigenvalue weighted by Crippen LogP contribution is -2.30. The fourth-order valence-electron chi connectivity index (χ4n) is 1.07. The molecule has 1 heterocycles. The highest BCUT2D eigenvalue weighted by molar-refractivity contribution is 5.75. The van der Waals surface area contributed by atoms with E-state index in [1.165, 1.54) is 12.3 Å². The summed E-state index contributed by atoms with van der Waals surface area (Å²) in [4.78, 5) is 18.4. The van der Waals surface area contributed by atoms with Gasteiger partial charge in [-0.1, -0.05) is 0 Å². The normalized spacial score (nSPS) is 14.2. The average Bonchev–Trinajstić information content (AvgIpc) is 2.27. The van der Waals surface area contributed by atoms with Crippen LogP contribution in [0.15, 0.2) is 12.3 Å². The number of nitrogens with two attached hydrogens (primary N) is 1. The summed E-state index contributed by atoms with van der Waals surface area (Å²) in [6.45, 7) is 1.72. The Kier molecular flexibility index (Phi) is 4.15. The Bertz CT molecular complexity index is 372. The van der Waals surface area contributed by atoms with Crippen LogP contribution in [0.1, 0.15) is 18.7 Å². The summed E-state index contributed by atoms with van der Waals surface area (Å²) in [6, 6.07) is 1.35. The minimum Gasteiger partial charge on any atom is -0.464 e. The molecule has 88 valence electrons. The van der Waals surface area contributed by atoms with Crippen molar-refractivity contribution in [2.75, 3.05) is 12.3 Å². The Balaban J connectivity index is 2.77. The minimum absolute atomic E-state index is 0.0485. The maximum atomic E-state index is 11.1. The van der Waals surface area contributed by atoms with Crippen LogP contribution in [0.5, 0.6) is 0 Å². The van der Waals surface area contributed by atoms with E-state index in [0.717, 1.165) is 0 Å². The molecule has 0 aromatic carbocycles. The van der Waals surface area contributed by atoms with Gasteiger partial charge in [-0.2, -0.15) is 0 Å². The summed E-state index contributed by atoms with van der Waals surface area (Å²) in [6.07, 6.45) is -1.85. The van der Waals surface area contributed by atoms with E-state index in [1.807, 2.05) is 0 Å². The SMILES string of the molecule is CCOC(=O)C(O)C(O)c1ccnc(N)n1. The van der Waals surface area contributed by atoms with E-state index >= 15 is 0 Å². The Morgan fingerprint density at radius 1 is 1.62 bits per heavy atom. The molecule has 7 heteroatoms. The Morgan fingerprint density at radius 3 is 2.88 bits per heavy atom. The molecule has 0 bridgehead atoms. The highest BCUT2D eigenvalue weighted by Gasteiger charge is 2.28. The van der Waals surface area contributed by atoms with Gasteiger partial charge in [-0.15, -0.1) is 0 Å². The largest absolute Gasteiger partial charge is 0.464 e. The highest BCUT2D eigenvalue weighted by Crippen LogP contribution is 2.15. The summed E-state index contributed by atoms with van der Waals surface area (Å²) in [5, 5.41) is 19.0. The van der Waals surface area contributed by atoms with Crippen LogP contribution in [0.4, 0.5) is 5.95 Å². The van der Waals surface area contributed by atoms with Crippen LogP contribution in [0.25, 0.3) is 0 Å². The number of nitrogen functional groups attached to an aromatic ring is 1. The molecule has 2 unspecified atom stereocenters. The second-order valence-corrected chi connectivity index (χ2v) is 2.98. The van der Waals surface area contributed by atoms with Crippen molar-refractivity contribution in [1.82, 2.24) is 9.97 Å². The number of anilines is 1. The number of hydrogen-bond acceptors (Lipinski definition) is 7. The molecule has 2 atom stereocenters. The molecule has 0 aliphatic rings. The smallest absolute Gasteiger partial charge is 0.338 e. The predicted molar refractivity (Wildman–Crippen MR) is 54.0 cm³/mol. The molecule has 0 aliphatic carbocycles. The van der Waals surface area contributed by atoms with E-state index in [0.29, 0.717) is 0 Å². The van der Waals surface area contributed by atoms with Gasteiger partial charge >= 0.3 is 5.97 Å². The first-order chi connectivity index (χ1) is 7.56. The first kappa shape index (κ1) is 12.3. The Morgan fingerprint density at radius 2 is 2.31 bits per heavy atom. The van der Waals surface area contributed by atoms with Gasteiger partial charge in [0.1, 0.15) is 6.10 Å². The summed E-state index contributed by atoms with van der Waals surface area (Å²) in [5.41, 5.74) is 5.36. The highest BCUT2D eigenvalue weighted by atomic mass is 16.5. The third kappa shape index (κ3) is 2.88. The van der Waals surface area contributed by atoms with E-state index in [1.54, 1.807) is 6.92 Å². The average molecular weight is 227 g/mol. The fraction of sp³-hybridized carbons (Fsp3) is 0.444. The summed E-state index contributed by atoms with van der Waals surface area (Å²) in [5.74, 6) is -0.959. The van der Waals surface area contributed by atoms with Gasteiger partial charge in [0, 0.05) is 6.20 Å². The van der Waals surface area contributed by atoms with Gasteiger partial charge in [-0.05, 0) is 13.0 Å². The van der Waals surface area contributed by atoms with Gasteiger partial charge in [0.15, 0.2) is 6.10 Å². The zero-order valence-electron chi connectivity index (χ0n) is 8.70. The van der Waals surface area contributed by atoms with Crippen molar-refractivity contribution in [2.45, 2.75) is 19.1 Å². The lowest BCUT2D eigenvalue weighted by atomic mass is 10.1. The minimum atomic E-state index is -1.69. The molecule has 1 rings (SSSR count). The summed E-state index contributed by atoms with van der Waals surface area (Å²) in [7, 11) is 0. The van der Waals surface area contributed by atoms with Crippen LogP contribution < -0.4 is 5.73 Å². The fourth-order valence-corrected chi connectivity index (χ4v) is 1.07. The zero-order chi connectivity index (χ0) is 12.1. The first-order valence-electron chi connectivity index (χ1n) is 4.67. The van der Waals surface area contributed by atoms with Crippen LogP contribution >= 0.6 is 0 Å². The standard InChI is InChI=1S/C9H13N3O4/c1-2-16-8(15)7(14)6(13)5-3-4-11-9(10)12-5/h3-4,6-7,13-14H,2H2,1H3,(H2,10,11,12). The topological polar surface area (TPSA) is 119 Å². The van der Waals surface area contributed by atoms with Crippen molar-refractivity contribution in [2.24, 2.45) is 0 Å². The van der Waals surface area contributed by atoms with Crippen LogP contribution in [-0.2, 0) is 9.53 Å². The molecule has 16 heavy (non-hydrogen) atoms. The van der Waals surface area contributed by atoms with Gasteiger partial charge < -0.3 is 20.7 Å². The number of aromatic nitrogens is 2. The number of rotatable bonds is 4. The molecule has 1 aromatic heterocycles. The van der Waals surface area contributed by atoms with Crippen molar-refractivity contribution in [3.05, 3.63) is 18.0 Å². The van der Waals surface area contributed by atoms with Gasteiger partial charge in [0.25, 0.3) is 0 Å². The molecular formula is C9H13N3O4. The maximum Gasteiger partial charge on any atom is 0.338 e. The van der Waals surface area contributed by atoms with Crippen LogP contribution in [0, 0.1) is 0 Å². The molecule has 0 aliphatic heterocycles. The number of esters is 1. The number of hydrogen-bond donors (Lipinski definition) is 3. The summed E-state index contributed by atoms with van der Waals surface area (Å²) >= 11 is 0. The number of aliphatic hydroxyl groups excluding tert-OH is 2. The molecule has 0 radical (unpaired) electrons. The van der Waals surface area contributed by atoms with Crippen LogP contribution in [0.3, 0.4) is 0 Å². The molecular weight excluding hydrogens is 214 g/mol. The van der Waals surface area contributed by atoms with E-state index in [9.17, 15) is 15.0 Å². The lowest BCUT2D eigenvalue weighted by Gasteiger charge is -2.15. The van der Waals surface area contributed by atoms with Gasteiger partial charge in [-0.3, -0.25) is 0 Å². The Hall–Kier alpha value is -1.73. The Labute approximate surface area is 91.9 Å². The molecule has 0 saturated heterocycles. The van der Waals surface area contributed by atoms with Gasteiger partial charge in [0.05, 0.1) is 12.3 Å². The predicted octanol–water partition coefficient (Wildman–Crippen LogP) is -0.984. The summed E-state index contributed by atoms with van der Waals surface area (Å²) < 4.78 is 4.55. The van der Waals surface area contributed by atoms with E-state index in [-0.39, 0.29) is 18.2 Å². The molecule has 0 amide bonds. The first-order valence-corrected chi connectivity index (χ1v) is 4.67. The van der Waals surface area contributed by atoms with Crippen molar-refractivity contribution in [3.63, 3.8) is 0 Å². The number of ether oxygens (including phenoxy) is 1. The van der Waals surface area contributed by atoms with Gasteiger partial charge in [0.2, 0.25) is 5.95 Å². The van der Waals surface area contributed by atoms with E-state index < -0.39 is 18.2 Å². The molecule has 0 fully saturated rings. The number of aliphatic hydroxyl groups is 2. The lowest BCUT2D eigenvalue weighted by molar-refractivity contribution is -0.159. The molecule has 7 nitrogen and oxygen atoms in total.